The van der Waals surface area contributed by atoms with Crippen LogP contribution in [-0.2, 0) is 21.0 Å². The summed E-state index contributed by atoms with van der Waals surface area (Å²) < 4.78 is 0. The zero-order valence-corrected chi connectivity index (χ0v) is 13.0. The Balaban J connectivity index is 2.46. The first-order valence-electron chi connectivity index (χ1n) is 7.24. The normalized spacial score (nSPS) is 11.7. The number of benzene rings is 1. The maximum Gasteiger partial charge on any atom is 0.241 e. The molecule has 0 saturated carbocycles. The zero-order valence-electron chi connectivity index (χ0n) is 13.0. The van der Waals surface area contributed by atoms with Crippen molar-refractivity contribution in [1.29, 1.82) is 0 Å². The van der Waals surface area contributed by atoms with Gasteiger partial charge < -0.3 is 16.0 Å². The van der Waals surface area contributed by atoms with Crippen molar-refractivity contribution < 1.29 is 14.4 Å². The number of hydroxylamine groups is 1. The topological polar surface area (TPSA) is 91.5 Å². The Labute approximate surface area is 130 Å². The van der Waals surface area contributed by atoms with Gasteiger partial charge in [-0.3, -0.25) is 14.4 Å². The summed E-state index contributed by atoms with van der Waals surface area (Å²) >= 11 is 0. The Kier molecular flexibility index (Phi) is 8.82. The minimum absolute atomic E-state index is 0.0507. The molecule has 0 bridgehead atoms. The molecule has 7 heteroatoms. The minimum Gasteiger partial charge on any atom is -0.325 e. The van der Waals surface area contributed by atoms with Crippen molar-refractivity contribution in [1.82, 2.24) is 16.1 Å². The summed E-state index contributed by atoms with van der Waals surface area (Å²) in [6.07, 6.45) is 2.17. The largest absolute Gasteiger partial charge is 0.325 e. The summed E-state index contributed by atoms with van der Waals surface area (Å²) in [6.45, 7) is 1.16. The van der Waals surface area contributed by atoms with Crippen LogP contribution in [0.4, 0.5) is 5.69 Å². The molecule has 4 N–H and O–H groups in total. The van der Waals surface area contributed by atoms with Crippen molar-refractivity contribution in [2.45, 2.75) is 25.5 Å². The maximum atomic E-state index is 12.2. The van der Waals surface area contributed by atoms with E-state index in [0.29, 0.717) is 6.41 Å². The Hall–Kier alpha value is -1.96. The Morgan fingerprint density at radius 1 is 1.27 bits per heavy atom. The second kappa shape index (κ2) is 10.7. The van der Waals surface area contributed by atoms with Gasteiger partial charge in [0, 0.05) is 5.69 Å². The summed E-state index contributed by atoms with van der Waals surface area (Å²) in [5.41, 5.74) is 3.75. The molecule has 1 aromatic carbocycles. The first-order valence-corrected chi connectivity index (χ1v) is 7.24. The van der Waals surface area contributed by atoms with Gasteiger partial charge in [-0.05, 0) is 51.2 Å². The maximum absolute atomic E-state index is 12.2. The molecule has 0 spiro atoms. The van der Waals surface area contributed by atoms with E-state index < -0.39 is 0 Å². The predicted octanol–water partition coefficient (Wildman–Crippen LogP) is 0.390. The Bertz CT molecular complexity index is 451. The zero-order chi connectivity index (χ0) is 16.2. The highest BCUT2D eigenvalue weighted by Crippen LogP contribution is 2.11. The summed E-state index contributed by atoms with van der Waals surface area (Å²) in [5, 5.41) is 8.97. The fraction of sp³-hybridized carbons (Fsp3) is 0.467. The van der Waals surface area contributed by atoms with Crippen LogP contribution in [0.1, 0.15) is 18.4 Å². The van der Waals surface area contributed by atoms with Gasteiger partial charge in [0.05, 0.1) is 12.6 Å². The van der Waals surface area contributed by atoms with E-state index in [1.165, 1.54) is 0 Å². The molecule has 0 aromatic heterocycles. The van der Waals surface area contributed by atoms with E-state index in [-0.39, 0.29) is 18.6 Å². The lowest BCUT2D eigenvalue weighted by atomic mass is 10.1. The van der Waals surface area contributed by atoms with Crippen molar-refractivity contribution in [3.63, 3.8) is 0 Å². The highest BCUT2D eigenvalue weighted by atomic mass is 16.6. The lowest BCUT2D eigenvalue weighted by Gasteiger charge is -2.16. The number of hydrogen-bond donors (Lipinski definition) is 4. The fourth-order valence-electron chi connectivity index (χ4n) is 1.96. The van der Waals surface area contributed by atoms with Crippen LogP contribution in [0, 0.1) is 0 Å². The molecule has 7 nitrogen and oxygen atoms in total. The molecule has 1 aromatic rings. The van der Waals surface area contributed by atoms with E-state index in [4.69, 9.17) is 4.84 Å². The first-order chi connectivity index (χ1) is 10.7. The Morgan fingerprint density at radius 3 is 2.59 bits per heavy atom. The molecule has 0 aliphatic carbocycles. The third-order valence-electron chi connectivity index (χ3n) is 3.18. The molecule has 2 amide bonds. The number of nitrogens with one attached hydrogen (secondary N) is 4. The van der Waals surface area contributed by atoms with Gasteiger partial charge in [0.1, 0.15) is 0 Å². The van der Waals surface area contributed by atoms with Crippen LogP contribution in [0.15, 0.2) is 24.3 Å². The molecule has 1 rings (SSSR count). The highest BCUT2D eigenvalue weighted by molar-refractivity contribution is 5.94. The number of likely N-dealkylation sites (N-methyl/N-ethyl adjacent to an activating group) is 1. The smallest absolute Gasteiger partial charge is 0.241 e. The monoisotopic (exact) mass is 308 g/mol. The number of rotatable bonds is 11. The number of carbonyl (C=O) groups excluding carboxylic acids is 2. The van der Waals surface area contributed by atoms with Gasteiger partial charge in [0.25, 0.3) is 0 Å². The van der Waals surface area contributed by atoms with E-state index in [9.17, 15) is 9.59 Å². The molecule has 22 heavy (non-hydrogen) atoms. The van der Waals surface area contributed by atoms with Crippen LogP contribution < -0.4 is 21.4 Å². The first kappa shape index (κ1) is 18.1. The quantitative estimate of drug-likeness (QED) is 0.270. The van der Waals surface area contributed by atoms with Crippen molar-refractivity contribution >= 4 is 18.0 Å². The van der Waals surface area contributed by atoms with Crippen LogP contribution in [0.2, 0.25) is 0 Å². The number of amides is 2. The molecule has 1 unspecified atom stereocenters. The lowest BCUT2D eigenvalue weighted by molar-refractivity contribution is -0.121. The molecule has 0 aliphatic rings. The second-order valence-corrected chi connectivity index (χ2v) is 4.80. The van der Waals surface area contributed by atoms with Crippen LogP contribution in [-0.4, -0.2) is 39.0 Å². The summed E-state index contributed by atoms with van der Waals surface area (Å²) in [7, 11) is 3.68. The number of anilines is 1. The van der Waals surface area contributed by atoms with E-state index in [0.717, 1.165) is 30.6 Å². The second-order valence-electron chi connectivity index (χ2n) is 4.80. The molecule has 0 heterocycles. The third-order valence-corrected chi connectivity index (χ3v) is 3.18. The summed E-state index contributed by atoms with van der Waals surface area (Å²) in [5.74, 6) is -0.0507. The molecule has 0 radical (unpaired) electrons. The van der Waals surface area contributed by atoms with Gasteiger partial charge >= 0.3 is 0 Å². The summed E-state index contributed by atoms with van der Waals surface area (Å²) in [6, 6.07) is 7.05. The molecule has 0 fully saturated rings. The van der Waals surface area contributed by atoms with Crippen LogP contribution in [0.25, 0.3) is 0 Å². The molecule has 1 atom stereocenters. The van der Waals surface area contributed by atoms with Crippen molar-refractivity contribution in [2.75, 3.05) is 26.0 Å². The number of hydrogen-bond acceptors (Lipinski definition) is 5. The van der Waals surface area contributed by atoms with Gasteiger partial charge in [-0.2, -0.15) is 0 Å². The van der Waals surface area contributed by atoms with E-state index in [2.05, 4.69) is 21.4 Å². The molecular formula is C15H24N4O3. The van der Waals surface area contributed by atoms with Crippen molar-refractivity contribution in [3.8, 4) is 0 Å². The van der Waals surface area contributed by atoms with Crippen LogP contribution in [0.5, 0.6) is 0 Å². The van der Waals surface area contributed by atoms with Crippen molar-refractivity contribution in [3.05, 3.63) is 29.8 Å². The minimum atomic E-state index is -0.215. The molecule has 0 saturated heterocycles. The summed E-state index contributed by atoms with van der Waals surface area (Å²) in [4.78, 5) is 27.1. The lowest BCUT2D eigenvalue weighted by Crippen LogP contribution is -2.38. The highest BCUT2D eigenvalue weighted by Gasteiger charge is 2.15. The van der Waals surface area contributed by atoms with E-state index in [1.807, 2.05) is 19.2 Å². The van der Waals surface area contributed by atoms with Crippen LogP contribution in [0.3, 0.4) is 0 Å². The van der Waals surface area contributed by atoms with Gasteiger partial charge in [-0.15, -0.1) is 0 Å². The van der Waals surface area contributed by atoms with E-state index >= 15 is 0 Å². The molecular weight excluding hydrogens is 284 g/mol. The fourth-order valence-corrected chi connectivity index (χ4v) is 1.96. The van der Waals surface area contributed by atoms with Gasteiger partial charge in [-0.1, -0.05) is 12.1 Å². The van der Waals surface area contributed by atoms with Gasteiger partial charge in [-0.25, -0.2) is 5.48 Å². The van der Waals surface area contributed by atoms with Gasteiger partial charge in [0.15, 0.2) is 0 Å². The molecule has 122 valence electrons. The standard InChI is InChI=1S/C15H24N4O3/c1-16-9-3-4-14(17-2)15(21)19-13-7-5-12(6-8-13)10-22-18-11-20/h5-8,11,14,16-17H,3-4,9-10H2,1-2H3,(H,18,20)(H,19,21). The van der Waals surface area contributed by atoms with Gasteiger partial charge in [0.2, 0.25) is 12.3 Å². The average Bonchev–Trinajstić information content (AvgIpc) is 2.53. The SMILES string of the molecule is CNCCCC(NC)C(=O)Nc1ccc(CONC=O)cc1. The average molecular weight is 308 g/mol. The van der Waals surface area contributed by atoms with Crippen molar-refractivity contribution in [2.24, 2.45) is 0 Å². The predicted molar refractivity (Wildman–Crippen MR) is 85.1 cm³/mol. The van der Waals surface area contributed by atoms with E-state index in [1.54, 1.807) is 19.2 Å². The third kappa shape index (κ3) is 6.66. The number of carbonyl (C=O) groups is 2. The van der Waals surface area contributed by atoms with Crippen LogP contribution >= 0.6 is 0 Å². The Morgan fingerprint density at radius 2 is 2.00 bits per heavy atom. The molecule has 0 aliphatic heterocycles.